The predicted molar refractivity (Wildman–Crippen MR) is 78.3 cm³/mol. The molecule has 0 saturated carbocycles. The zero-order chi connectivity index (χ0) is 12.4. The van der Waals surface area contributed by atoms with E-state index in [9.17, 15) is 0 Å². The third-order valence-electron chi connectivity index (χ3n) is 2.25. The molecule has 17 heavy (non-hydrogen) atoms. The van der Waals surface area contributed by atoms with Crippen LogP contribution in [-0.4, -0.2) is 4.98 Å². The van der Waals surface area contributed by atoms with Crippen LogP contribution in [0.2, 0.25) is 9.49 Å². The summed E-state index contributed by atoms with van der Waals surface area (Å²) in [7, 11) is 0. The molecule has 2 aromatic heterocycles. The Morgan fingerprint density at radius 1 is 1.47 bits per heavy atom. The van der Waals surface area contributed by atoms with Gasteiger partial charge in [0, 0.05) is 22.1 Å². The molecule has 2 aromatic rings. The number of rotatable bonds is 3. The number of hydrogen-bond donors (Lipinski definition) is 1. The number of nitrogens with zero attached hydrogens (tertiary/aromatic N) is 1. The Kier molecular flexibility index (Phi) is 4.31. The van der Waals surface area contributed by atoms with Crippen molar-refractivity contribution in [1.29, 1.82) is 0 Å². The van der Waals surface area contributed by atoms with Crippen LogP contribution in [0.5, 0.6) is 0 Å². The molecule has 2 rings (SSSR count). The van der Waals surface area contributed by atoms with Crippen LogP contribution < -0.4 is 5.32 Å². The summed E-state index contributed by atoms with van der Waals surface area (Å²) in [5.41, 5.74) is 1.95. The first-order valence-electron chi connectivity index (χ1n) is 4.86. The van der Waals surface area contributed by atoms with E-state index in [1.165, 1.54) is 11.3 Å². The molecule has 0 aromatic carbocycles. The smallest absolute Gasteiger partial charge is 0.152 e. The second-order valence-electron chi connectivity index (χ2n) is 3.48. The average molecular weight is 352 g/mol. The van der Waals surface area contributed by atoms with Crippen LogP contribution in [0.3, 0.4) is 0 Å². The van der Waals surface area contributed by atoms with E-state index in [0.29, 0.717) is 11.7 Å². The van der Waals surface area contributed by atoms with Gasteiger partial charge in [-0.2, -0.15) is 0 Å². The lowest BCUT2D eigenvalue weighted by molar-refractivity contribution is 1.15. The van der Waals surface area contributed by atoms with Crippen LogP contribution in [0.15, 0.2) is 22.8 Å². The van der Waals surface area contributed by atoms with Crippen molar-refractivity contribution in [3.63, 3.8) is 0 Å². The second-order valence-corrected chi connectivity index (χ2v) is 6.43. The summed E-state index contributed by atoms with van der Waals surface area (Å²) in [6.07, 6.45) is 1.70. The zero-order valence-corrected chi connectivity index (χ0v) is 12.8. The minimum atomic E-state index is 0.492. The van der Waals surface area contributed by atoms with Crippen molar-refractivity contribution in [2.45, 2.75) is 13.5 Å². The molecule has 0 amide bonds. The summed E-state index contributed by atoms with van der Waals surface area (Å²) < 4.78 is 1.69. The fraction of sp³-hybridized carbons (Fsp3) is 0.182. The number of halogens is 3. The van der Waals surface area contributed by atoms with Gasteiger partial charge in [0.25, 0.3) is 0 Å². The first-order valence-corrected chi connectivity index (χ1v) is 7.23. The Morgan fingerprint density at radius 3 is 2.82 bits per heavy atom. The van der Waals surface area contributed by atoms with Crippen molar-refractivity contribution in [1.82, 2.24) is 4.98 Å². The Hall–Kier alpha value is -0.290. The van der Waals surface area contributed by atoms with Gasteiger partial charge in [-0.3, -0.25) is 0 Å². The van der Waals surface area contributed by atoms with Crippen LogP contribution >= 0.6 is 50.5 Å². The molecule has 6 heteroatoms. The Morgan fingerprint density at radius 2 is 2.24 bits per heavy atom. The lowest BCUT2D eigenvalue weighted by atomic mass is 10.2. The third kappa shape index (κ3) is 3.13. The second kappa shape index (κ2) is 5.57. The zero-order valence-electron chi connectivity index (χ0n) is 8.93. The summed E-state index contributed by atoms with van der Waals surface area (Å²) in [4.78, 5) is 5.19. The quantitative estimate of drug-likeness (QED) is 0.775. The highest BCUT2D eigenvalue weighted by Crippen LogP contribution is 2.33. The van der Waals surface area contributed by atoms with Gasteiger partial charge in [0.1, 0.15) is 4.34 Å². The monoisotopic (exact) mass is 350 g/mol. The topological polar surface area (TPSA) is 24.9 Å². The van der Waals surface area contributed by atoms with Crippen LogP contribution in [0.4, 0.5) is 5.69 Å². The molecule has 2 heterocycles. The normalized spacial score (nSPS) is 10.6. The molecule has 0 aliphatic heterocycles. The maximum absolute atomic E-state index is 6.03. The predicted octanol–water partition coefficient (Wildman–Crippen LogP) is 5.13. The number of nitrogens with one attached hydrogen (secondary N) is 1. The minimum Gasteiger partial charge on any atom is -0.377 e. The van der Waals surface area contributed by atoms with Crippen molar-refractivity contribution in [2.24, 2.45) is 0 Å². The van der Waals surface area contributed by atoms with Gasteiger partial charge in [-0.25, -0.2) is 4.98 Å². The summed E-state index contributed by atoms with van der Waals surface area (Å²) >= 11 is 16.9. The average Bonchev–Trinajstić information content (AvgIpc) is 2.58. The minimum absolute atomic E-state index is 0.492. The molecule has 90 valence electrons. The van der Waals surface area contributed by atoms with Crippen molar-refractivity contribution < 1.29 is 0 Å². The summed E-state index contributed by atoms with van der Waals surface area (Å²) in [5.74, 6) is 0. The Bertz CT molecular complexity index is 503. The number of anilines is 1. The lowest BCUT2D eigenvalue weighted by Gasteiger charge is -2.09. The number of pyridine rings is 1. The van der Waals surface area contributed by atoms with Gasteiger partial charge in [-0.05, 0) is 40.5 Å². The molecule has 0 saturated heterocycles. The highest BCUT2D eigenvalue weighted by Gasteiger charge is 2.07. The molecular weight excluding hydrogens is 343 g/mol. The van der Waals surface area contributed by atoms with Gasteiger partial charge in [0.2, 0.25) is 0 Å². The molecule has 0 fully saturated rings. The molecule has 1 N–H and O–H groups in total. The van der Waals surface area contributed by atoms with Gasteiger partial charge < -0.3 is 5.32 Å². The van der Waals surface area contributed by atoms with Crippen molar-refractivity contribution in [3.8, 4) is 0 Å². The van der Waals surface area contributed by atoms with E-state index in [2.05, 4.69) is 26.2 Å². The number of thiophene rings is 1. The van der Waals surface area contributed by atoms with Crippen LogP contribution in [0.25, 0.3) is 0 Å². The highest BCUT2D eigenvalue weighted by molar-refractivity contribution is 9.10. The van der Waals surface area contributed by atoms with Gasteiger partial charge in [-0.1, -0.05) is 23.2 Å². The molecule has 0 atom stereocenters. The standard InChI is InChI=1S/C11H9BrCl2N2S/c1-6-2-3-15-10(13)9(6)16-5-7-4-8(12)11(14)17-7/h2-4,16H,5H2,1H3. The van der Waals surface area contributed by atoms with Gasteiger partial charge in [-0.15, -0.1) is 11.3 Å². The van der Waals surface area contributed by atoms with Crippen LogP contribution in [-0.2, 0) is 6.54 Å². The lowest BCUT2D eigenvalue weighted by Crippen LogP contribution is -2.01. The van der Waals surface area contributed by atoms with Gasteiger partial charge >= 0.3 is 0 Å². The highest BCUT2D eigenvalue weighted by atomic mass is 79.9. The van der Waals surface area contributed by atoms with Crippen molar-refractivity contribution >= 4 is 56.2 Å². The number of aromatic nitrogens is 1. The fourth-order valence-electron chi connectivity index (χ4n) is 1.39. The molecule has 0 unspecified atom stereocenters. The van der Waals surface area contributed by atoms with E-state index in [4.69, 9.17) is 23.2 Å². The van der Waals surface area contributed by atoms with Crippen molar-refractivity contribution in [2.75, 3.05) is 5.32 Å². The maximum Gasteiger partial charge on any atom is 0.152 e. The molecule has 2 nitrogen and oxygen atoms in total. The first-order chi connectivity index (χ1) is 8.08. The van der Waals surface area contributed by atoms with E-state index in [-0.39, 0.29) is 0 Å². The first kappa shape index (κ1) is 13.1. The molecule has 0 radical (unpaired) electrons. The van der Waals surface area contributed by atoms with E-state index in [0.717, 1.165) is 24.9 Å². The van der Waals surface area contributed by atoms with Crippen molar-refractivity contribution in [3.05, 3.63) is 42.7 Å². The van der Waals surface area contributed by atoms with E-state index in [1.54, 1.807) is 6.20 Å². The number of aryl methyl sites for hydroxylation is 1. The van der Waals surface area contributed by atoms with Crippen LogP contribution in [0.1, 0.15) is 10.4 Å². The van der Waals surface area contributed by atoms with E-state index in [1.807, 2.05) is 19.1 Å². The largest absolute Gasteiger partial charge is 0.377 e. The van der Waals surface area contributed by atoms with Gasteiger partial charge in [0.15, 0.2) is 5.15 Å². The Balaban J connectivity index is 2.12. The van der Waals surface area contributed by atoms with Gasteiger partial charge in [0.05, 0.1) is 5.69 Å². The fourth-order valence-corrected chi connectivity index (χ4v) is 3.39. The summed E-state index contributed by atoms with van der Waals surface area (Å²) in [6, 6.07) is 3.92. The molecule has 0 aliphatic rings. The molecular formula is C11H9BrCl2N2S. The maximum atomic E-state index is 6.03. The third-order valence-corrected chi connectivity index (χ3v) is 5.01. The molecule has 0 bridgehead atoms. The van der Waals surface area contributed by atoms with E-state index < -0.39 is 0 Å². The summed E-state index contributed by atoms with van der Waals surface area (Å²) in [5, 5.41) is 3.77. The summed E-state index contributed by atoms with van der Waals surface area (Å²) in [6.45, 7) is 2.68. The molecule has 0 aliphatic carbocycles. The van der Waals surface area contributed by atoms with E-state index >= 15 is 0 Å². The SMILES string of the molecule is Cc1ccnc(Cl)c1NCc1cc(Br)c(Cl)s1. The van der Waals surface area contributed by atoms with Crippen LogP contribution in [0, 0.1) is 6.92 Å². The Labute approximate surface area is 122 Å². The molecule has 0 spiro atoms. The number of hydrogen-bond acceptors (Lipinski definition) is 3.